The highest BCUT2D eigenvalue weighted by atomic mass is 16.5. The van der Waals surface area contributed by atoms with E-state index in [-0.39, 0.29) is 17.9 Å². The summed E-state index contributed by atoms with van der Waals surface area (Å²) < 4.78 is 5.13. The summed E-state index contributed by atoms with van der Waals surface area (Å²) in [4.78, 5) is 12.5. The standard InChI is InChI=1S/C19H25NO3/c1-10(18(21)11-5-7-14(23-2)8-6-11)20-19(22)17-15-12-3-4-13(9-12)16(15)17/h5-8,10,12-13,15-18,21H,3-4,9H2,1-2H3,(H,20,22)/t10-,12-,13-,15-,16-,18+/m0/s1. The van der Waals surface area contributed by atoms with Gasteiger partial charge in [0.1, 0.15) is 5.75 Å². The van der Waals surface area contributed by atoms with Gasteiger partial charge in [-0.2, -0.15) is 0 Å². The largest absolute Gasteiger partial charge is 0.497 e. The molecule has 23 heavy (non-hydrogen) atoms. The maximum Gasteiger partial charge on any atom is 0.224 e. The number of fused-ring (bicyclic) bond motifs is 5. The van der Waals surface area contributed by atoms with E-state index in [0.29, 0.717) is 11.8 Å². The van der Waals surface area contributed by atoms with Crippen molar-refractivity contribution in [1.82, 2.24) is 5.32 Å². The molecule has 1 aromatic rings. The summed E-state index contributed by atoms with van der Waals surface area (Å²) in [6.07, 6.45) is 3.29. The predicted octanol–water partition coefficient (Wildman–Crippen LogP) is 2.53. The number of aliphatic hydroxyl groups excluding tert-OH is 1. The number of methoxy groups -OCH3 is 1. The van der Waals surface area contributed by atoms with E-state index >= 15 is 0 Å². The molecule has 0 radical (unpaired) electrons. The number of carbonyl (C=O) groups is 1. The second-order valence-corrected chi connectivity index (χ2v) is 7.53. The summed E-state index contributed by atoms with van der Waals surface area (Å²) in [6, 6.07) is 7.07. The zero-order chi connectivity index (χ0) is 16.1. The lowest BCUT2D eigenvalue weighted by Crippen LogP contribution is -2.39. The molecule has 0 unspecified atom stereocenters. The molecule has 4 rings (SSSR count). The van der Waals surface area contributed by atoms with E-state index in [0.717, 1.165) is 23.1 Å². The number of hydrogen-bond acceptors (Lipinski definition) is 3. The van der Waals surface area contributed by atoms with Gasteiger partial charge in [0.05, 0.1) is 19.3 Å². The normalized spacial score (nSPS) is 36.2. The van der Waals surface area contributed by atoms with E-state index in [1.807, 2.05) is 31.2 Å². The second-order valence-electron chi connectivity index (χ2n) is 7.53. The molecule has 1 amide bonds. The zero-order valence-electron chi connectivity index (χ0n) is 13.7. The molecule has 3 aliphatic rings. The second kappa shape index (κ2) is 5.52. The molecule has 3 saturated carbocycles. The van der Waals surface area contributed by atoms with Gasteiger partial charge in [0, 0.05) is 5.92 Å². The Bertz CT molecular complexity index is 583. The molecule has 0 saturated heterocycles. The third kappa shape index (κ3) is 2.44. The van der Waals surface area contributed by atoms with Gasteiger partial charge >= 0.3 is 0 Å². The predicted molar refractivity (Wildman–Crippen MR) is 86.9 cm³/mol. The fourth-order valence-corrected chi connectivity index (χ4v) is 5.16. The van der Waals surface area contributed by atoms with E-state index in [2.05, 4.69) is 5.32 Å². The zero-order valence-corrected chi connectivity index (χ0v) is 13.7. The average Bonchev–Trinajstić information content (AvgIpc) is 3.02. The summed E-state index contributed by atoms with van der Waals surface area (Å²) in [5.74, 6) is 3.99. The van der Waals surface area contributed by atoms with E-state index in [9.17, 15) is 9.90 Å². The van der Waals surface area contributed by atoms with Gasteiger partial charge in [-0.1, -0.05) is 12.1 Å². The maximum atomic E-state index is 12.5. The van der Waals surface area contributed by atoms with Crippen LogP contribution in [0.15, 0.2) is 24.3 Å². The van der Waals surface area contributed by atoms with Crippen LogP contribution < -0.4 is 10.1 Å². The molecular weight excluding hydrogens is 290 g/mol. The number of nitrogens with one attached hydrogen (secondary N) is 1. The van der Waals surface area contributed by atoms with Crippen LogP contribution in [0.2, 0.25) is 0 Å². The number of amides is 1. The van der Waals surface area contributed by atoms with Crippen LogP contribution in [-0.2, 0) is 4.79 Å². The highest BCUT2D eigenvalue weighted by Crippen LogP contribution is 2.69. The van der Waals surface area contributed by atoms with E-state index in [4.69, 9.17) is 4.74 Å². The van der Waals surface area contributed by atoms with E-state index in [1.54, 1.807) is 7.11 Å². The van der Waals surface area contributed by atoms with Gasteiger partial charge in [-0.15, -0.1) is 0 Å². The van der Waals surface area contributed by atoms with Crippen LogP contribution in [0.1, 0.15) is 37.9 Å². The lowest BCUT2D eigenvalue weighted by atomic mass is 10.0. The molecule has 3 aliphatic carbocycles. The first-order valence-electron chi connectivity index (χ1n) is 8.72. The summed E-state index contributed by atoms with van der Waals surface area (Å²) in [7, 11) is 1.62. The van der Waals surface area contributed by atoms with Gasteiger partial charge < -0.3 is 15.2 Å². The van der Waals surface area contributed by atoms with E-state index < -0.39 is 6.10 Å². The highest BCUT2D eigenvalue weighted by molar-refractivity contribution is 5.83. The molecule has 0 heterocycles. The maximum absolute atomic E-state index is 12.5. The van der Waals surface area contributed by atoms with Gasteiger partial charge in [-0.3, -0.25) is 4.79 Å². The van der Waals surface area contributed by atoms with Gasteiger partial charge in [0.25, 0.3) is 0 Å². The van der Waals surface area contributed by atoms with Crippen LogP contribution in [-0.4, -0.2) is 24.2 Å². The van der Waals surface area contributed by atoms with Crippen LogP contribution in [0.25, 0.3) is 0 Å². The smallest absolute Gasteiger partial charge is 0.224 e. The Balaban J connectivity index is 1.36. The molecule has 0 aromatic heterocycles. The topological polar surface area (TPSA) is 58.6 Å². The van der Waals surface area contributed by atoms with Crippen LogP contribution >= 0.6 is 0 Å². The molecule has 6 atom stereocenters. The van der Waals surface area contributed by atoms with Gasteiger partial charge in [0.2, 0.25) is 5.91 Å². The number of benzene rings is 1. The minimum atomic E-state index is -0.694. The lowest BCUT2D eigenvalue weighted by molar-refractivity contribution is -0.124. The Labute approximate surface area is 137 Å². The summed E-state index contributed by atoms with van der Waals surface area (Å²) in [5.41, 5.74) is 0.801. The number of rotatable bonds is 5. The molecule has 0 aliphatic heterocycles. The first-order valence-corrected chi connectivity index (χ1v) is 8.72. The molecule has 2 N–H and O–H groups in total. The molecule has 124 valence electrons. The molecule has 3 fully saturated rings. The number of carbonyl (C=O) groups excluding carboxylic acids is 1. The van der Waals surface area contributed by atoms with Crippen molar-refractivity contribution in [3.63, 3.8) is 0 Å². The average molecular weight is 315 g/mol. The molecule has 1 aromatic carbocycles. The lowest BCUT2D eigenvalue weighted by Gasteiger charge is -2.21. The Kier molecular flexibility index (Phi) is 3.60. The van der Waals surface area contributed by atoms with Crippen molar-refractivity contribution in [2.45, 2.75) is 38.3 Å². The number of hydrogen-bond donors (Lipinski definition) is 2. The van der Waals surface area contributed by atoms with Crippen molar-refractivity contribution in [3.05, 3.63) is 29.8 Å². The molecular formula is C19H25NO3. The SMILES string of the molecule is COc1ccc([C@H](O)[C@H](C)NC(=O)C2[C@H]3[C@H]4CC[C@@H](C4)[C@H]23)cc1. The van der Waals surface area contributed by atoms with Gasteiger partial charge in [0.15, 0.2) is 0 Å². The first kappa shape index (κ1) is 15.0. The van der Waals surface area contributed by atoms with Crippen molar-refractivity contribution in [1.29, 1.82) is 0 Å². The van der Waals surface area contributed by atoms with Crippen LogP contribution in [0.3, 0.4) is 0 Å². The summed E-state index contributed by atoms with van der Waals surface area (Å²) >= 11 is 0. The van der Waals surface area contributed by atoms with Crippen LogP contribution in [0.5, 0.6) is 5.75 Å². The third-order valence-electron chi connectivity index (χ3n) is 6.34. The fraction of sp³-hybridized carbons (Fsp3) is 0.632. The van der Waals surface area contributed by atoms with Crippen molar-refractivity contribution in [2.75, 3.05) is 7.11 Å². The van der Waals surface area contributed by atoms with Crippen molar-refractivity contribution in [2.24, 2.45) is 29.6 Å². The molecule has 4 nitrogen and oxygen atoms in total. The van der Waals surface area contributed by atoms with Crippen LogP contribution in [0, 0.1) is 29.6 Å². The summed E-state index contributed by atoms with van der Waals surface area (Å²) in [6.45, 7) is 1.87. The van der Waals surface area contributed by atoms with Gasteiger partial charge in [-0.25, -0.2) is 0 Å². The first-order chi connectivity index (χ1) is 11.1. The van der Waals surface area contributed by atoms with Gasteiger partial charge in [-0.05, 0) is 67.6 Å². The Morgan fingerprint density at radius 1 is 1.22 bits per heavy atom. The molecule has 0 spiro atoms. The van der Waals surface area contributed by atoms with Crippen LogP contribution in [0.4, 0.5) is 0 Å². The quantitative estimate of drug-likeness (QED) is 0.878. The number of ether oxygens (including phenoxy) is 1. The third-order valence-corrected chi connectivity index (χ3v) is 6.34. The van der Waals surface area contributed by atoms with Crippen molar-refractivity contribution in [3.8, 4) is 5.75 Å². The van der Waals surface area contributed by atoms with Crippen molar-refractivity contribution < 1.29 is 14.6 Å². The Morgan fingerprint density at radius 2 is 1.83 bits per heavy atom. The van der Waals surface area contributed by atoms with E-state index in [1.165, 1.54) is 19.3 Å². The monoisotopic (exact) mass is 315 g/mol. The minimum Gasteiger partial charge on any atom is -0.497 e. The Morgan fingerprint density at radius 3 is 2.39 bits per heavy atom. The summed E-state index contributed by atoms with van der Waals surface area (Å²) in [5, 5.41) is 13.5. The molecule has 2 bridgehead atoms. The van der Waals surface area contributed by atoms with Crippen molar-refractivity contribution >= 4 is 5.91 Å². The fourth-order valence-electron chi connectivity index (χ4n) is 5.16. The highest BCUT2D eigenvalue weighted by Gasteiger charge is 2.67. The Hall–Kier alpha value is -1.55. The minimum absolute atomic E-state index is 0.150. The number of aliphatic hydroxyl groups is 1. The molecule has 4 heteroatoms.